The van der Waals surface area contributed by atoms with Crippen LogP contribution in [0.1, 0.15) is 55.9 Å². The Kier molecular flexibility index (Phi) is 2.92. The predicted molar refractivity (Wildman–Crippen MR) is 88.0 cm³/mol. The maximum atomic E-state index is 5.48. The molecule has 4 saturated carbocycles. The normalized spacial score (nSPS) is 39.0. The molecule has 0 unspecified atom stereocenters. The summed E-state index contributed by atoms with van der Waals surface area (Å²) in [5.74, 6) is 2.95. The average Bonchev–Trinajstić information content (AvgIpc) is 2.99. The minimum Gasteiger partial charge on any atom is -0.455 e. The van der Waals surface area contributed by atoms with Crippen LogP contribution in [0, 0.1) is 17.8 Å². The molecule has 22 heavy (non-hydrogen) atoms. The van der Waals surface area contributed by atoms with Crippen LogP contribution in [0.4, 0.5) is 0 Å². The van der Waals surface area contributed by atoms with Gasteiger partial charge in [0.2, 0.25) is 0 Å². The van der Waals surface area contributed by atoms with Gasteiger partial charge in [-0.2, -0.15) is 0 Å². The summed E-state index contributed by atoms with van der Waals surface area (Å²) in [5.41, 5.74) is 3.07. The van der Waals surface area contributed by atoms with Gasteiger partial charge in [0, 0.05) is 10.0 Å². The molecule has 0 atom stereocenters. The average molecular weight is 361 g/mol. The monoisotopic (exact) mass is 360 g/mol. The SMILES string of the molecule is Brc1cc(C23CC4CC(CC(C4)C2)C3)ccc1C1OC=CO1. The number of hydrogen-bond donors (Lipinski definition) is 0. The lowest BCUT2D eigenvalue weighted by atomic mass is 9.48. The molecule has 4 bridgehead atoms. The summed E-state index contributed by atoms with van der Waals surface area (Å²) in [6, 6.07) is 6.86. The molecule has 3 heteroatoms. The number of halogens is 1. The van der Waals surface area contributed by atoms with Crippen LogP contribution in [0.25, 0.3) is 0 Å². The van der Waals surface area contributed by atoms with Gasteiger partial charge in [-0.3, -0.25) is 0 Å². The summed E-state index contributed by atoms with van der Waals surface area (Å²) in [7, 11) is 0. The topological polar surface area (TPSA) is 18.5 Å². The summed E-state index contributed by atoms with van der Waals surface area (Å²) in [5, 5.41) is 0. The van der Waals surface area contributed by atoms with Crippen LogP contribution in [-0.4, -0.2) is 0 Å². The maximum Gasteiger partial charge on any atom is 0.267 e. The van der Waals surface area contributed by atoms with E-state index >= 15 is 0 Å². The Morgan fingerprint density at radius 2 is 1.50 bits per heavy atom. The molecule has 5 aliphatic rings. The van der Waals surface area contributed by atoms with Crippen LogP contribution in [0.5, 0.6) is 0 Å². The van der Waals surface area contributed by atoms with Crippen molar-refractivity contribution in [2.24, 2.45) is 17.8 Å². The van der Waals surface area contributed by atoms with E-state index in [0.29, 0.717) is 5.41 Å². The van der Waals surface area contributed by atoms with Gasteiger partial charge in [0.05, 0.1) is 0 Å². The van der Waals surface area contributed by atoms with Crippen LogP contribution >= 0.6 is 15.9 Å². The molecule has 4 fully saturated rings. The largest absolute Gasteiger partial charge is 0.455 e. The van der Waals surface area contributed by atoms with E-state index < -0.39 is 0 Å². The van der Waals surface area contributed by atoms with Gasteiger partial charge in [-0.05, 0) is 73.3 Å². The highest BCUT2D eigenvalue weighted by Crippen LogP contribution is 2.61. The number of hydrogen-bond acceptors (Lipinski definition) is 2. The number of benzene rings is 1. The zero-order chi connectivity index (χ0) is 14.7. The van der Waals surface area contributed by atoms with E-state index in [-0.39, 0.29) is 6.29 Å². The predicted octanol–water partition coefficient (Wildman–Crippen LogP) is 5.43. The van der Waals surface area contributed by atoms with Gasteiger partial charge < -0.3 is 9.47 Å². The second kappa shape index (κ2) is 4.77. The third-order valence-electron chi connectivity index (χ3n) is 6.36. The van der Waals surface area contributed by atoms with Crippen LogP contribution in [0.3, 0.4) is 0 Å². The second-order valence-electron chi connectivity index (χ2n) is 7.81. The van der Waals surface area contributed by atoms with Crippen molar-refractivity contribution in [2.75, 3.05) is 0 Å². The third-order valence-corrected chi connectivity index (χ3v) is 7.05. The summed E-state index contributed by atoms with van der Waals surface area (Å²) in [6.45, 7) is 0. The fourth-order valence-corrected chi connectivity index (χ4v) is 6.46. The zero-order valence-corrected chi connectivity index (χ0v) is 14.2. The first-order chi connectivity index (χ1) is 10.7. The molecule has 1 aromatic rings. The summed E-state index contributed by atoms with van der Waals surface area (Å²) >= 11 is 3.75. The molecular weight excluding hydrogens is 340 g/mol. The summed E-state index contributed by atoms with van der Waals surface area (Å²) in [6.07, 6.45) is 11.6. The lowest BCUT2D eigenvalue weighted by Gasteiger charge is -2.57. The fraction of sp³-hybridized carbons (Fsp3) is 0.579. The van der Waals surface area contributed by atoms with Gasteiger partial charge in [-0.1, -0.05) is 28.1 Å². The molecule has 0 aromatic heterocycles. The van der Waals surface area contributed by atoms with Crippen molar-refractivity contribution in [2.45, 2.75) is 50.2 Å². The first-order valence-corrected chi connectivity index (χ1v) is 9.27. The smallest absolute Gasteiger partial charge is 0.267 e. The highest BCUT2D eigenvalue weighted by molar-refractivity contribution is 9.10. The molecule has 1 heterocycles. The van der Waals surface area contributed by atoms with Crippen molar-refractivity contribution in [1.29, 1.82) is 0 Å². The van der Waals surface area contributed by atoms with E-state index in [4.69, 9.17) is 9.47 Å². The lowest BCUT2D eigenvalue weighted by molar-refractivity contribution is -0.0254. The van der Waals surface area contributed by atoms with Crippen molar-refractivity contribution in [3.05, 3.63) is 46.3 Å². The molecule has 0 spiro atoms. The van der Waals surface area contributed by atoms with E-state index in [2.05, 4.69) is 34.1 Å². The van der Waals surface area contributed by atoms with E-state index in [1.54, 1.807) is 12.5 Å². The lowest BCUT2D eigenvalue weighted by Crippen LogP contribution is -2.48. The van der Waals surface area contributed by atoms with Crippen LogP contribution in [0.15, 0.2) is 35.2 Å². The van der Waals surface area contributed by atoms with Gasteiger partial charge in [-0.15, -0.1) is 0 Å². The molecule has 1 aliphatic heterocycles. The van der Waals surface area contributed by atoms with Crippen molar-refractivity contribution < 1.29 is 9.47 Å². The molecule has 4 aliphatic carbocycles. The Morgan fingerprint density at radius 1 is 0.909 bits per heavy atom. The van der Waals surface area contributed by atoms with Crippen LogP contribution in [0.2, 0.25) is 0 Å². The minimum absolute atomic E-state index is 0.292. The second-order valence-corrected chi connectivity index (χ2v) is 8.66. The fourth-order valence-electron chi connectivity index (χ4n) is 5.90. The molecule has 0 amide bonds. The highest BCUT2D eigenvalue weighted by atomic mass is 79.9. The molecule has 0 radical (unpaired) electrons. The van der Waals surface area contributed by atoms with Crippen molar-refractivity contribution in [1.82, 2.24) is 0 Å². The minimum atomic E-state index is -0.292. The molecule has 0 saturated heterocycles. The van der Waals surface area contributed by atoms with Gasteiger partial charge in [0.25, 0.3) is 6.29 Å². The molecule has 0 N–H and O–H groups in total. The molecular formula is C19H21BrO2. The standard InChI is InChI=1S/C19H21BrO2/c20-17-8-15(1-2-16(17)18-21-3-4-22-18)19-9-12-5-13(10-19)7-14(6-12)11-19/h1-4,8,12-14,18H,5-7,9-11H2. The number of rotatable bonds is 2. The Morgan fingerprint density at radius 3 is 2.05 bits per heavy atom. The molecule has 116 valence electrons. The number of ether oxygens (including phenoxy) is 2. The summed E-state index contributed by atoms with van der Waals surface area (Å²) in [4.78, 5) is 0. The van der Waals surface area contributed by atoms with Crippen LogP contribution < -0.4 is 0 Å². The Labute approximate surface area is 140 Å². The highest BCUT2D eigenvalue weighted by Gasteiger charge is 2.51. The third kappa shape index (κ3) is 1.97. The Bertz CT molecular complexity index is 593. The van der Waals surface area contributed by atoms with E-state index in [9.17, 15) is 0 Å². The zero-order valence-electron chi connectivity index (χ0n) is 12.6. The van der Waals surface area contributed by atoms with E-state index in [0.717, 1.165) is 27.8 Å². The Hall–Kier alpha value is -0.960. The van der Waals surface area contributed by atoms with E-state index in [1.807, 2.05) is 0 Å². The Balaban J connectivity index is 1.49. The van der Waals surface area contributed by atoms with Gasteiger partial charge in [0.1, 0.15) is 12.5 Å². The maximum absolute atomic E-state index is 5.48. The quantitative estimate of drug-likeness (QED) is 0.699. The first kappa shape index (κ1) is 13.5. The van der Waals surface area contributed by atoms with E-state index in [1.165, 1.54) is 44.1 Å². The van der Waals surface area contributed by atoms with Crippen molar-refractivity contribution in [3.63, 3.8) is 0 Å². The van der Waals surface area contributed by atoms with Gasteiger partial charge in [0.15, 0.2) is 0 Å². The molecule has 2 nitrogen and oxygen atoms in total. The molecule has 6 rings (SSSR count). The van der Waals surface area contributed by atoms with Gasteiger partial charge in [-0.25, -0.2) is 0 Å². The van der Waals surface area contributed by atoms with Crippen LogP contribution in [-0.2, 0) is 14.9 Å². The van der Waals surface area contributed by atoms with Crippen molar-refractivity contribution >= 4 is 15.9 Å². The summed E-state index contributed by atoms with van der Waals surface area (Å²) < 4.78 is 12.1. The van der Waals surface area contributed by atoms with Gasteiger partial charge >= 0.3 is 0 Å². The van der Waals surface area contributed by atoms with Crippen molar-refractivity contribution in [3.8, 4) is 0 Å². The first-order valence-electron chi connectivity index (χ1n) is 8.48. The molecule has 1 aromatic carbocycles.